The highest BCUT2D eigenvalue weighted by molar-refractivity contribution is 5.90. The predicted molar refractivity (Wildman–Crippen MR) is 110 cm³/mol. The second-order valence-corrected chi connectivity index (χ2v) is 7.68. The van der Waals surface area contributed by atoms with Crippen molar-refractivity contribution in [2.45, 2.75) is 30.7 Å². The summed E-state index contributed by atoms with van der Waals surface area (Å²) in [6.45, 7) is 1.87. The molecule has 12 heteroatoms. The Morgan fingerprint density at radius 1 is 1.33 bits per heavy atom. The molecule has 0 aliphatic carbocycles. The van der Waals surface area contributed by atoms with Gasteiger partial charge < -0.3 is 26.6 Å². The number of carbonyl (C=O) groups excluding carboxylic acids is 2. The van der Waals surface area contributed by atoms with Gasteiger partial charge in [0.05, 0.1) is 11.9 Å². The molecule has 0 spiro atoms. The van der Waals surface area contributed by atoms with Crippen molar-refractivity contribution in [3.05, 3.63) is 41.2 Å². The molecule has 2 atom stereocenters. The molecule has 2 amide bonds. The SMILES string of the molecule is Cc1ccc(C(O)(C(N)=O)C(F)(F)F)cc1-c1cnc(N)c(C#CC2(O)CCN(C)C2=O)n1. The number of likely N-dealkylation sites (tertiary alicyclic amines) is 1. The maximum Gasteiger partial charge on any atom is 0.430 e. The van der Waals surface area contributed by atoms with Crippen molar-refractivity contribution in [1.82, 2.24) is 14.9 Å². The van der Waals surface area contributed by atoms with Crippen LogP contribution in [0.25, 0.3) is 11.3 Å². The molecule has 2 aromatic rings. The van der Waals surface area contributed by atoms with E-state index < -0.39 is 34.8 Å². The van der Waals surface area contributed by atoms with Crippen LogP contribution in [0.2, 0.25) is 0 Å². The summed E-state index contributed by atoms with van der Waals surface area (Å²) in [6, 6.07) is 3.11. The summed E-state index contributed by atoms with van der Waals surface area (Å²) in [6.07, 6.45) is -4.12. The van der Waals surface area contributed by atoms with E-state index in [-0.39, 0.29) is 29.2 Å². The molecule has 9 nitrogen and oxygen atoms in total. The Labute approximate surface area is 186 Å². The van der Waals surface area contributed by atoms with Crippen LogP contribution in [0.3, 0.4) is 0 Å². The second kappa shape index (κ2) is 8.02. The Morgan fingerprint density at radius 3 is 2.55 bits per heavy atom. The molecule has 0 radical (unpaired) electrons. The number of amides is 2. The molecule has 1 aliphatic heterocycles. The summed E-state index contributed by atoms with van der Waals surface area (Å²) < 4.78 is 40.4. The van der Waals surface area contributed by atoms with Crippen molar-refractivity contribution in [3.63, 3.8) is 0 Å². The topological polar surface area (TPSA) is 156 Å². The Bertz CT molecular complexity index is 1210. The van der Waals surface area contributed by atoms with Gasteiger partial charge in [-0.2, -0.15) is 13.2 Å². The number of benzene rings is 1. The highest BCUT2D eigenvalue weighted by atomic mass is 19.4. The third-order valence-electron chi connectivity index (χ3n) is 5.40. The number of anilines is 1. The smallest absolute Gasteiger partial charge is 0.381 e. The number of rotatable bonds is 3. The van der Waals surface area contributed by atoms with E-state index in [1.807, 2.05) is 0 Å². The summed E-state index contributed by atoms with van der Waals surface area (Å²) in [4.78, 5) is 33.1. The van der Waals surface area contributed by atoms with Crippen molar-refractivity contribution in [2.75, 3.05) is 19.3 Å². The van der Waals surface area contributed by atoms with Crippen LogP contribution >= 0.6 is 0 Å². The fraction of sp³-hybridized carbons (Fsp3) is 0.333. The molecule has 174 valence electrons. The van der Waals surface area contributed by atoms with Gasteiger partial charge in [-0.25, -0.2) is 9.97 Å². The quantitative estimate of drug-likeness (QED) is 0.474. The molecule has 1 saturated heterocycles. The lowest BCUT2D eigenvalue weighted by Gasteiger charge is -2.28. The van der Waals surface area contributed by atoms with Crippen LogP contribution in [-0.2, 0) is 15.2 Å². The first-order valence-electron chi connectivity index (χ1n) is 9.55. The summed E-state index contributed by atoms with van der Waals surface area (Å²) in [5, 5.41) is 20.5. The van der Waals surface area contributed by atoms with Gasteiger partial charge in [-0.05, 0) is 24.5 Å². The lowest BCUT2D eigenvalue weighted by molar-refractivity contribution is -0.255. The third kappa shape index (κ3) is 4.08. The van der Waals surface area contributed by atoms with E-state index in [0.717, 1.165) is 12.1 Å². The Balaban J connectivity index is 2.09. The van der Waals surface area contributed by atoms with E-state index in [9.17, 15) is 33.0 Å². The number of aliphatic hydroxyl groups is 2. The van der Waals surface area contributed by atoms with Gasteiger partial charge in [0.15, 0.2) is 11.5 Å². The van der Waals surface area contributed by atoms with Gasteiger partial charge in [0.2, 0.25) is 5.60 Å². The van der Waals surface area contributed by atoms with Crippen LogP contribution in [0.4, 0.5) is 19.0 Å². The number of likely N-dealkylation sites (N-methyl/N-ethyl adjacent to an activating group) is 1. The number of carbonyl (C=O) groups is 2. The average molecular weight is 463 g/mol. The fourth-order valence-corrected chi connectivity index (χ4v) is 3.32. The van der Waals surface area contributed by atoms with Crippen LogP contribution in [0.15, 0.2) is 24.4 Å². The number of aromatic nitrogens is 2. The molecule has 1 fully saturated rings. The Hall–Kier alpha value is -3.69. The lowest BCUT2D eigenvalue weighted by atomic mass is 9.89. The number of halogens is 3. The molecule has 3 rings (SSSR count). The average Bonchev–Trinajstić information content (AvgIpc) is 3.00. The standard InChI is InChI=1S/C21H20F3N5O4/c1-11-3-4-12(20(33,17(26)30)21(22,23)24)9-13(11)15-10-27-16(25)14(28-15)5-6-19(32)7-8-29(2)18(19)31/h3-4,9-10,32-33H,7-8H2,1-2H3,(H2,25,27)(H2,26,30). The lowest BCUT2D eigenvalue weighted by Crippen LogP contribution is -2.52. The minimum absolute atomic E-state index is 0.0312. The number of nitrogens with two attached hydrogens (primary N) is 2. The normalized spacial score (nSPS) is 20.2. The van der Waals surface area contributed by atoms with Crippen LogP contribution in [0.5, 0.6) is 0 Å². The largest absolute Gasteiger partial charge is 0.430 e. The Kier molecular flexibility index (Phi) is 5.82. The van der Waals surface area contributed by atoms with Crippen LogP contribution in [-0.4, -0.2) is 62.3 Å². The maximum atomic E-state index is 13.5. The first kappa shape index (κ1) is 24.0. The second-order valence-electron chi connectivity index (χ2n) is 7.68. The van der Waals surface area contributed by atoms with E-state index in [2.05, 4.69) is 21.8 Å². The molecule has 1 aliphatic rings. The van der Waals surface area contributed by atoms with Crippen molar-refractivity contribution in [1.29, 1.82) is 0 Å². The van der Waals surface area contributed by atoms with E-state index in [1.54, 1.807) is 6.92 Å². The molecule has 1 aromatic carbocycles. The van der Waals surface area contributed by atoms with E-state index in [0.29, 0.717) is 12.1 Å². The van der Waals surface area contributed by atoms with Gasteiger partial charge in [0.25, 0.3) is 17.4 Å². The summed E-state index contributed by atoms with van der Waals surface area (Å²) >= 11 is 0. The molecular formula is C21H20F3N5O4. The van der Waals surface area contributed by atoms with Crippen molar-refractivity contribution >= 4 is 17.6 Å². The predicted octanol–water partition coefficient (Wildman–Crippen LogP) is 0.214. The van der Waals surface area contributed by atoms with Gasteiger partial charge >= 0.3 is 6.18 Å². The summed E-state index contributed by atoms with van der Waals surface area (Å²) in [5.41, 5.74) is 4.47. The van der Waals surface area contributed by atoms with Gasteiger partial charge in [-0.1, -0.05) is 18.1 Å². The van der Waals surface area contributed by atoms with Crippen molar-refractivity contribution in [2.24, 2.45) is 5.73 Å². The zero-order valence-electron chi connectivity index (χ0n) is 17.6. The molecule has 33 heavy (non-hydrogen) atoms. The first-order valence-corrected chi connectivity index (χ1v) is 9.55. The van der Waals surface area contributed by atoms with Crippen LogP contribution < -0.4 is 11.5 Å². The zero-order chi connectivity index (χ0) is 24.8. The molecule has 0 bridgehead atoms. The van der Waals surface area contributed by atoms with Crippen molar-refractivity contribution in [3.8, 4) is 23.1 Å². The highest BCUT2D eigenvalue weighted by Gasteiger charge is 2.60. The minimum atomic E-state index is -5.37. The van der Waals surface area contributed by atoms with E-state index >= 15 is 0 Å². The van der Waals surface area contributed by atoms with Crippen LogP contribution in [0, 0.1) is 18.8 Å². The van der Waals surface area contributed by atoms with Crippen molar-refractivity contribution < 1.29 is 33.0 Å². The zero-order valence-corrected chi connectivity index (χ0v) is 17.6. The summed E-state index contributed by atoms with van der Waals surface area (Å²) in [7, 11) is 1.51. The van der Waals surface area contributed by atoms with Crippen LogP contribution in [0.1, 0.15) is 23.2 Å². The van der Waals surface area contributed by atoms with E-state index in [4.69, 9.17) is 11.5 Å². The monoisotopic (exact) mass is 463 g/mol. The number of nitrogen functional groups attached to an aromatic ring is 1. The molecule has 6 N–H and O–H groups in total. The number of hydrogen-bond donors (Lipinski definition) is 4. The number of nitrogens with zero attached hydrogens (tertiary/aromatic N) is 3. The number of alkyl halides is 3. The number of hydrogen-bond acceptors (Lipinski definition) is 7. The van der Waals surface area contributed by atoms with E-state index in [1.165, 1.54) is 24.2 Å². The molecule has 1 aromatic heterocycles. The minimum Gasteiger partial charge on any atom is -0.381 e. The first-order chi connectivity index (χ1) is 15.2. The Morgan fingerprint density at radius 2 is 2.00 bits per heavy atom. The van der Waals surface area contributed by atoms with Gasteiger partial charge in [-0.3, -0.25) is 9.59 Å². The molecule has 2 heterocycles. The third-order valence-corrected chi connectivity index (χ3v) is 5.40. The molecular weight excluding hydrogens is 443 g/mol. The fourth-order valence-electron chi connectivity index (χ4n) is 3.32. The highest BCUT2D eigenvalue weighted by Crippen LogP contribution is 2.40. The number of primary amides is 1. The molecule has 0 saturated carbocycles. The van der Waals surface area contributed by atoms with Gasteiger partial charge in [0.1, 0.15) is 0 Å². The van der Waals surface area contributed by atoms with Gasteiger partial charge in [-0.15, -0.1) is 0 Å². The summed E-state index contributed by atoms with van der Waals surface area (Å²) in [5.74, 6) is 2.25. The van der Waals surface area contributed by atoms with Gasteiger partial charge in [0, 0.05) is 31.1 Å². The molecule has 2 unspecified atom stereocenters. The number of aryl methyl sites for hydroxylation is 1. The maximum absolute atomic E-state index is 13.5.